The molecule has 1 heterocycles. The predicted octanol–water partition coefficient (Wildman–Crippen LogP) is 3.18. The molecule has 4 nitrogen and oxygen atoms in total. The highest BCUT2D eigenvalue weighted by Gasteiger charge is 2.04. The van der Waals surface area contributed by atoms with Crippen molar-refractivity contribution in [3.05, 3.63) is 48.0 Å². The summed E-state index contributed by atoms with van der Waals surface area (Å²) in [6.07, 6.45) is 4.83. The fraction of sp³-hybridized carbons (Fsp3) is 0.400. The molecule has 0 atom stereocenters. The van der Waals surface area contributed by atoms with E-state index < -0.39 is 6.61 Å². The van der Waals surface area contributed by atoms with Crippen molar-refractivity contribution >= 4 is 0 Å². The number of aryl methyl sites for hydroxylation is 1. The number of rotatable bonds is 8. The summed E-state index contributed by atoms with van der Waals surface area (Å²) in [6.45, 7) is 1.61. The Labute approximate surface area is 122 Å². The highest BCUT2D eigenvalue weighted by molar-refractivity contribution is 5.27. The Morgan fingerprint density at radius 2 is 2.00 bits per heavy atom. The van der Waals surface area contributed by atoms with Crippen LogP contribution >= 0.6 is 0 Å². The number of ether oxygens (including phenoxy) is 1. The van der Waals surface area contributed by atoms with Gasteiger partial charge in [0, 0.05) is 25.5 Å². The highest BCUT2D eigenvalue weighted by Crippen LogP contribution is 2.14. The Hall–Kier alpha value is -1.95. The number of nitrogens with zero attached hydrogens (tertiary/aromatic N) is 2. The molecule has 2 rings (SSSR count). The molecular weight excluding hydrogens is 276 g/mol. The number of hydrogen-bond donors (Lipinski definition) is 1. The third kappa shape index (κ3) is 4.82. The number of imidazole rings is 1. The smallest absolute Gasteiger partial charge is 0.387 e. The van der Waals surface area contributed by atoms with Gasteiger partial charge in [-0.25, -0.2) is 4.98 Å². The maximum atomic E-state index is 12.0. The first-order chi connectivity index (χ1) is 10.2. The molecule has 6 heteroatoms. The van der Waals surface area contributed by atoms with Gasteiger partial charge in [-0.3, -0.25) is 0 Å². The molecule has 114 valence electrons. The number of aromatic nitrogens is 2. The molecule has 1 aromatic heterocycles. The summed E-state index contributed by atoms with van der Waals surface area (Å²) in [6, 6.07) is 6.62. The van der Waals surface area contributed by atoms with Crippen molar-refractivity contribution in [3.8, 4) is 5.75 Å². The highest BCUT2D eigenvalue weighted by atomic mass is 19.3. The first-order valence-electron chi connectivity index (χ1n) is 6.93. The third-order valence-corrected chi connectivity index (χ3v) is 3.03. The van der Waals surface area contributed by atoms with Gasteiger partial charge >= 0.3 is 6.61 Å². The fourth-order valence-electron chi connectivity index (χ4n) is 2.06. The Bertz CT molecular complexity index is 540. The largest absolute Gasteiger partial charge is 0.435 e. The zero-order chi connectivity index (χ0) is 15.1. The van der Waals surface area contributed by atoms with E-state index in [1.807, 2.05) is 6.20 Å². The summed E-state index contributed by atoms with van der Waals surface area (Å²) in [4.78, 5) is 4.31. The van der Waals surface area contributed by atoms with E-state index in [2.05, 4.69) is 26.5 Å². The van der Waals surface area contributed by atoms with Crippen LogP contribution in [-0.2, 0) is 19.6 Å². The minimum absolute atomic E-state index is 0.173. The SMILES string of the molecule is CCCn1ccnc1CNCc1ccc(OC(F)F)cc1. The van der Waals surface area contributed by atoms with E-state index in [1.54, 1.807) is 30.5 Å². The first-order valence-corrected chi connectivity index (χ1v) is 6.93. The van der Waals surface area contributed by atoms with Gasteiger partial charge in [-0.15, -0.1) is 0 Å². The molecule has 0 aliphatic heterocycles. The summed E-state index contributed by atoms with van der Waals surface area (Å²) < 4.78 is 30.5. The molecule has 2 aromatic rings. The van der Waals surface area contributed by atoms with E-state index in [0.717, 1.165) is 24.4 Å². The van der Waals surface area contributed by atoms with Crippen LogP contribution < -0.4 is 10.1 Å². The third-order valence-electron chi connectivity index (χ3n) is 3.03. The second kappa shape index (κ2) is 7.73. The van der Waals surface area contributed by atoms with Crippen molar-refractivity contribution in [1.82, 2.24) is 14.9 Å². The number of alkyl halides is 2. The monoisotopic (exact) mass is 295 g/mol. The van der Waals surface area contributed by atoms with E-state index in [0.29, 0.717) is 13.1 Å². The van der Waals surface area contributed by atoms with Gasteiger partial charge in [0.25, 0.3) is 0 Å². The van der Waals surface area contributed by atoms with Crippen molar-refractivity contribution in [2.45, 2.75) is 39.6 Å². The summed E-state index contributed by atoms with van der Waals surface area (Å²) >= 11 is 0. The molecule has 1 aromatic carbocycles. The molecule has 0 radical (unpaired) electrons. The lowest BCUT2D eigenvalue weighted by Crippen LogP contribution is -2.16. The van der Waals surface area contributed by atoms with Gasteiger partial charge in [0.05, 0.1) is 6.54 Å². The fourth-order valence-corrected chi connectivity index (χ4v) is 2.06. The lowest BCUT2D eigenvalue weighted by Gasteiger charge is -2.09. The minimum atomic E-state index is -2.79. The molecule has 21 heavy (non-hydrogen) atoms. The second-order valence-electron chi connectivity index (χ2n) is 4.66. The number of hydrogen-bond acceptors (Lipinski definition) is 3. The average Bonchev–Trinajstić information content (AvgIpc) is 2.88. The summed E-state index contributed by atoms with van der Waals surface area (Å²) in [5.41, 5.74) is 1.00. The van der Waals surface area contributed by atoms with Crippen LogP contribution in [0.25, 0.3) is 0 Å². The zero-order valence-corrected chi connectivity index (χ0v) is 11.9. The number of nitrogens with one attached hydrogen (secondary N) is 1. The molecule has 0 amide bonds. The van der Waals surface area contributed by atoms with Gasteiger partial charge in [-0.2, -0.15) is 8.78 Å². The van der Waals surface area contributed by atoms with E-state index in [1.165, 1.54) is 0 Å². The van der Waals surface area contributed by atoms with E-state index in [4.69, 9.17) is 0 Å². The lowest BCUT2D eigenvalue weighted by atomic mass is 10.2. The van der Waals surface area contributed by atoms with Crippen LogP contribution in [0.3, 0.4) is 0 Å². The van der Waals surface area contributed by atoms with Crippen LogP contribution in [0.2, 0.25) is 0 Å². The molecule has 1 N–H and O–H groups in total. The first kappa shape index (κ1) is 15.4. The molecule has 0 bridgehead atoms. The molecule has 0 aliphatic carbocycles. The topological polar surface area (TPSA) is 39.1 Å². The lowest BCUT2D eigenvalue weighted by molar-refractivity contribution is -0.0498. The Morgan fingerprint density at radius 1 is 1.24 bits per heavy atom. The van der Waals surface area contributed by atoms with Gasteiger partial charge in [0.2, 0.25) is 0 Å². The van der Waals surface area contributed by atoms with E-state index in [9.17, 15) is 8.78 Å². The molecule has 0 saturated heterocycles. The van der Waals surface area contributed by atoms with Crippen LogP contribution in [-0.4, -0.2) is 16.2 Å². The quantitative estimate of drug-likeness (QED) is 0.813. The van der Waals surface area contributed by atoms with Gasteiger partial charge in [0.15, 0.2) is 0 Å². The van der Waals surface area contributed by atoms with Crippen molar-refractivity contribution in [3.63, 3.8) is 0 Å². The minimum Gasteiger partial charge on any atom is -0.435 e. The number of benzene rings is 1. The molecule has 0 unspecified atom stereocenters. The summed E-state index contributed by atoms with van der Waals surface area (Å²) in [5.74, 6) is 1.17. The molecule has 0 spiro atoms. The molecule has 0 saturated carbocycles. The average molecular weight is 295 g/mol. The molecule has 0 aliphatic rings. The van der Waals surface area contributed by atoms with Crippen molar-refractivity contribution in [1.29, 1.82) is 0 Å². The maximum absolute atomic E-state index is 12.0. The molecule has 0 fully saturated rings. The number of halogens is 2. The van der Waals surface area contributed by atoms with Crippen LogP contribution in [0.15, 0.2) is 36.7 Å². The van der Waals surface area contributed by atoms with Gasteiger partial charge in [-0.1, -0.05) is 19.1 Å². The zero-order valence-electron chi connectivity index (χ0n) is 11.9. The summed E-state index contributed by atoms with van der Waals surface area (Å²) in [5, 5.41) is 3.29. The van der Waals surface area contributed by atoms with Crippen molar-refractivity contribution < 1.29 is 13.5 Å². The molecular formula is C15H19F2N3O. The van der Waals surface area contributed by atoms with E-state index in [-0.39, 0.29) is 5.75 Å². The van der Waals surface area contributed by atoms with Gasteiger partial charge in [-0.05, 0) is 24.1 Å². The van der Waals surface area contributed by atoms with E-state index >= 15 is 0 Å². The Balaban J connectivity index is 1.81. The van der Waals surface area contributed by atoms with Crippen LogP contribution in [0.4, 0.5) is 8.78 Å². The maximum Gasteiger partial charge on any atom is 0.387 e. The Morgan fingerprint density at radius 3 is 2.67 bits per heavy atom. The van der Waals surface area contributed by atoms with Crippen LogP contribution in [0, 0.1) is 0 Å². The summed E-state index contributed by atoms with van der Waals surface area (Å²) in [7, 11) is 0. The van der Waals surface area contributed by atoms with Gasteiger partial charge < -0.3 is 14.6 Å². The van der Waals surface area contributed by atoms with Crippen LogP contribution in [0.1, 0.15) is 24.7 Å². The predicted molar refractivity (Wildman–Crippen MR) is 76.1 cm³/mol. The second-order valence-corrected chi connectivity index (χ2v) is 4.66. The standard InChI is InChI=1S/C15H19F2N3O/c1-2-8-20-9-7-19-14(20)11-18-10-12-3-5-13(6-4-12)21-15(16)17/h3-7,9,15,18H,2,8,10-11H2,1H3. The van der Waals surface area contributed by atoms with Crippen molar-refractivity contribution in [2.24, 2.45) is 0 Å². The normalized spacial score (nSPS) is 11.0. The Kier molecular flexibility index (Phi) is 5.68. The van der Waals surface area contributed by atoms with Gasteiger partial charge in [0.1, 0.15) is 11.6 Å². The van der Waals surface area contributed by atoms with Crippen molar-refractivity contribution in [2.75, 3.05) is 0 Å². The van der Waals surface area contributed by atoms with Crippen LogP contribution in [0.5, 0.6) is 5.75 Å².